The van der Waals surface area contributed by atoms with E-state index >= 15 is 0 Å². The van der Waals surface area contributed by atoms with Crippen LogP contribution >= 0.6 is 11.6 Å². The predicted octanol–water partition coefficient (Wildman–Crippen LogP) is 5.04. The second-order valence-electron chi connectivity index (χ2n) is 4.86. The first-order valence-corrected chi connectivity index (χ1v) is 6.93. The molecule has 0 N–H and O–H groups in total. The van der Waals surface area contributed by atoms with Crippen molar-refractivity contribution in [1.82, 2.24) is 4.98 Å². The Kier molecular flexibility index (Phi) is 4.43. The maximum Gasteiger partial charge on any atom is 0.135 e. The Morgan fingerprint density at radius 2 is 1.95 bits per heavy atom. The number of aryl methyl sites for hydroxylation is 1. The summed E-state index contributed by atoms with van der Waals surface area (Å²) < 4.78 is 6.05. The molecule has 0 radical (unpaired) electrons. The molecular formula is C16H18ClNO. The summed E-state index contributed by atoms with van der Waals surface area (Å²) in [5.74, 6) is 2.48. The van der Waals surface area contributed by atoms with Crippen LogP contribution in [0.5, 0.6) is 11.5 Å². The average molecular weight is 276 g/mol. The average Bonchev–Trinajstić information content (AvgIpc) is 2.39. The second-order valence-corrected chi connectivity index (χ2v) is 5.13. The van der Waals surface area contributed by atoms with E-state index in [4.69, 9.17) is 16.3 Å². The van der Waals surface area contributed by atoms with Gasteiger partial charge in [0, 0.05) is 23.5 Å². The van der Waals surface area contributed by atoms with Gasteiger partial charge in [-0.3, -0.25) is 4.98 Å². The Hall–Kier alpha value is -1.54. The van der Waals surface area contributed by atoms with Crippen molar-refractivity contribution in [3.63, 3.8) is 0 Å². The van der Waals surface area contributed by atoms with Crippen LogP contribution in [0.4, 0.5) is 0 Å². The highest BCUT2D eigenvalue weighted by Crippen LogP contribution is 2.32. The van der Waals surface area contributed by atoms with Crippen molar-refractivity contribution in [1.29, 1.82) is 0 Å². The molecule has 0 saturated heterocycles. The van der Waals surface area contributed by atoms with Gasteiger partial charge in [-0.05, 0) is 24.5 Å². The summed E-state index contributed by atoms with van der Waals surface area (Å²) in [7, 11) is 0. The number of benzene rings is 1. The zero-order chi connectivity index (χ0) is 13.8. The lowest BCUT2D eigenvalue weighted by atomic mass is 10.0. The molecule has 0 amide bonds. The molecule has 0 atom stereocenters. The van der Waals surface area contributed by atoms with Crippen LogP contribution in [0, 0.1) is 6.92 Å². The van der Waals surface area contributed by atoms with Crippen LogP contribution in [0.3, 0.4) is 0 Å². The molecule has 1 aromatic carbocycles. The third-order valence-electron chi connectivity index (χ3n) is 2.99. The van der Waals surface area contributed by atoms with E-state index in [2.05, 4.69) is 24.9 Å². The molecule has 0 aliphatic carbocycles. The van der Waals surface area contributed by atoms with Crippen LogP contribution in [0.25, 0.3) is 0 Å². The van der Waals surface area contributed by atoms with E-state index in [0.717, 1.165) is 22.8 Å². The summed E-state index contributed by atoms with van der Waals surface area (Å²) in [4.78, 5) is 4.25. The number of pyridine rings is 1. The van der Waals surface area contributed by atoms with Crippen molar-refractivity contribution >= 4 is 11.6 Å². The van der Waals surface area contributed by atoms with Crippen LogP contribution in [-0.4, -0.2) is 4.98 Å². The molecule has 1 heterocycles. The quantitative estimate of drug-likeness (QED) is 0.729. The van der Waals surface area contributed by atoms with Crippen molar-refractivity contribution in [3.05, 3.63) is 53.3 Å². The lowest BCUT2D eigenvalue weighted by Crippen LogP contribution is -1.97. The summed E-state index contributed by atoms with van der Waals surface area (Å²) in [6.45, 7) is 6.25. The highest BCUT2D eigenvalue weighted by Gasteiger charge is 2.10. The van der Waals surface area contributed by atoms with E-state index in [0.29, 0.717) is 11.8 Å². The van der Waals surface area contributed by atoms with Gasteiger partial charge in [-0.1, -0.05) is 32.0 Å². The smallest absolute Gasteiger partial charge is 0.135 e. The van der Waals surface area contributed by atoms with Crippen molar-refractivity contribution in [2.24, 2.45) is 0 Å². The fourth-order valence-corrected chi connectivity index (χ4v) is 2.13. The number of hydrogen-bond acceptors (Lipinski definition) is 2. The molecule has 0 bridgehead atoms. The minimum absolute atomic E-state index is 0.395. The number of para-hydroxylation sites is 1. The zero-order valence-electron chi connectivity index (χ0n) is 11.5. The Bertz CT molecular complexity index is 566. The molecule has 1 aromatic heterocycles. The number of aromatic nitrogens is 1. The first-order chi connectivity index (χ1) is 9.11. The normalized spacial score (nSPS) is 10.8. The minimum Gasteiger partial charge on any atom is -0.457 e. The standard InChI is InChI=1S/C16H18ClNO/c1-11(2)14-6-4-5-7-15(14)19-16-8-12(3)18-10-13(16)9-17/h4-8,10-11H,9H2,1-3H3. The summed E-state index contributed by atoms with van der Waals surface area (Å²) in [6, 6.07) is 10.0. The molecule has 0 fully saturated rings. The molecule has 0 saturated carbocycles. The van der Waals surface area contributed by atoms with Crippen molar-refractivity contribution < 1.29 is 4.74 Å². The van der Waals surface area contributed by atoms with E-state index in [1.165, 1.54) is 5.56 Å². The van der Waals surface area contributed by atoms with Gasteiger partial charge in [0.05, 0.1) is 5.88 Å². The monoisotopic (exact) mass is 275 g/mol. The molecule has 0 unspecified atom stereocenters. The molecule has 100 valence electrons. The van der Waals surface area contributed by atoms with Crippen LogP contribution in [0.2, 0.25) is 0 Å². The van der Waals surface area contributed by atoms with Gasteiger partial charge in [-0.25, -0.2) is 0 Å². The lowest BCUT2D eigenvalue weighted by Gasteiger charge is -2.15. The van der Waals surface area contributed by atoms with Crippen LogP contribution in [0.1, 0.15) is 36.6 Å². The minimum atomic E-state index is 0.395. The molecule has 0 aliphatic heterocycles. The van der Waals surface area contributed by atoms with E-state index in [-0.39, 0.29) is 0 Å². The van der Waals surface area contributed by atoms with E-state index in [1.807, 2.05) is 31.2 Å². The van der Waals surface area contributed by atoms with Gasteiger partial charge in [0.25, 0.3) is 0 Å². The largest absolute Gasteiger partial charge is 0.457 e. The van der Waals surface area contributed by atoms with Crippen molar-refractivity contribution in [3.8, 4) is 11.5 Å². The van der Waals surface area contributed by atoms with Gasteiger partial charge in [0.2, 0.25) is 0 Å². The number of alkyl halides is 1. The number of hydrogen-bond donors (Lipinski definition) is 0. The Labute approximate surface area is 119 Å². The van der Waals surface area contributed by atoms with Crippen LogP contribution < -0.4 is 4.74 Å². The predicted molar refractivity (Wildman–Crippen MR) is 79.1 cm³/mol. The summed E-state index contributed by atoms with van der Waals surface area (Å²) in [5, 5.41) is 0. The molecule has 3 heteroatoms. The Balaban J connectivity index is 2.38. The van der Waals surface area contributed by atoms with E-state index in [9.17, 15) is 0 Å². The molecule has 0 spiro atoms. The van der Waals surface area contributed by atoms with Gasteiger partial charge < -0.3 is 4.74 Å². The molecular weight excluding hydrogens is 258 g/mol. The molecule has 2 rings (SSSR count). The Morgan fingerprint density at radius 1 is 1.21 bits per heavy atom. The van der Waals surface area contributed by atoms with Crippen molar-refractivity contribution in [2.75, 3.05) is 0 Å². The highest BCUT2D eigenvalue weighted by atomic mass is 35.5. The van der Waals surface area contributed by atoms with Gasteiger partial charge in [-0.2, -0.15) is 0 Å². The van der Waals surface area contributed by atoms with Gasteiger partial charge in [0.15, 0.2) is 0 Å². The summed E-state index contributed by atoms with van der Waals surface area (Å²) in [6.07, 6.45) is 1.77. The van der Waals surface area contributed by atoms with E-state index < -0.39 is 0 Å². The summed E-state index contributed by atoms with van der Waals surface area (Å²) >= 11 is 5.93. The SMILES string of the molecule is Cc1cc(Oc2ccccc2C(C)C)c(CCl)cn1. The van der Waals surface area contributed by atoms with Crippen LogP contribution in [-0.2, 0) is 5.88 Å². The molecule has 19 heavy (non-hydrogen) atoms. The third kappa shape index (κ3) is 3.27. The fourth-order valence-electron chi connectivity index (χ4n) is 1.93. The van der Waals surface area contributed by atoms with Crippen LogP contribution in [0.15, 0.2) is 36.5 Å². The third-order valence-corrected chi connectivity index (χ3v) is 3.27. The lowest BCUT2D eigenvalue weighted by molar-refractivity contribution is 0.467. The second kappa shape index (κ2) is 6.07. The number of halogens is 1. The number of ether oxygens (including phenoxy) is 1. The van der Waals surface area contributed by atoms with Gasteiger partial charge >= 0.3 is 0 Å². The first kappa shape index (κ1) is 13.9. The van der Waals surface area contributed by atoms with Gasteiger partial charge in [0.1, 0.15) is 11.5 Å². The Morgan fingerprint density at radius 3 is 2.63 bits per heavy atom. The maximum absolute atomic E-state index is 6.05. The zero-order valence-corrected chi connectivity index (χ0v) is 12.2. The number of nitrogens with zero attached hydrogens (tertiary/aromatic N) is 1. The number of rotatable bonds is 4. The maximum atomic E-state index is 6.05. The summed E-state index contributed by atoms with van der Waals surface area (Å²) in [5.41, 5.74) is 3.02. The van der Waals surface area contributed by atoms with Gasteiger partial charge in [-0.15, -0.1) is 11.6 Å². The molecule has 0 aliphatic rings. The topological polar surface area (TPSA) is 22.1 Å². The molecule has 2 nitrogen and oxygen atoms in total. The molecule has 2 aromatic rings. The first-order valence-electron chi connectivity index (χ1n) is 6.40. The van der Waals surface area contributed by atoms with Crippen molar-refractivity contribution in [2.45, 2.75) is 32.6 Å². The highest BCUT2D eigenvalue weighted by molar-refractivity contribution is 6.17. The fraction of sp³-hybridized carbons (Fsp3) is 0.312. The van der Waals surface area contributed by atoms with E-state index in [1.54, 1.807) is 6.20 Å².